The highest BCUT2D eigenvalue weighted by Crippen LogP contribution is 2.00. The third kappa shape index (κ3) is 3.82. The number of carbonyl (C=O) groups is 1. The summed E-state index contributed by atoms with van der Waals surface area (Å²) in [6.07, 6.45) is -1.13. The zero-order valence-corrected chi connectivity index (χ0v) is 4.94. The van der Waals surface area contributed by atoms with Gasteiger partial charge in [-0.2, -0.15) is 0 Å². The predicted molar refractivity (Wildman–Crippen MR) is 30.4 cm³/mol. The Morgan fingerprint density at radius 1 is 1.67 bits per heavy atom. The number of ketones is 1. The maximum absolute atomic E-state index is 11.4. The van der Waals surface area contributed by atoms with E-state index in [4.69, 9.17) is 0 Å². The van der Waals surface area contributed by atoms with Crippen molar-refractivity contribution in [3.05, 3.63) is 12.7 Å². The molecule has 0 saturated carbocycles. The Labute approximate surface area is 52.4 Å². The van der Waals surface area contributed by atoms with Crippen LogP contribution in [0.25, 0.3) is 0 Å². The van der Waals surface area contributed by atoms with Crippen LogP contribution in [0, 0.1) is 0 Å². The molecule has 52 valence electrons. The van der Waals surface area contributed by atoms with E-state index in [9.17, 15) is 13.6 Å². The molecule has 0 heterocycles. The number of halogens is 2. The third-order valence-electron chi connectivity index (χ3n) is 0.838. The van der Waals surface area contributed by atoms with Crippen molar-refractivity contribution >= 4 is 5.78 Å². The van der Waals surface area contributed by atoms with Crippen LogP contribution in [0.3, 0.4) is 0 Å². The lowest BCUT2D eigenvalue weighted by Crippen LogP contribution is -2.08. The van der Waals surface area contributed by atoms with Crippen LogP contribution in [-0.2, 0) is 4.79 Å². The van der Waals surface area contributed by atoms with Crippen LogP contribution in [0.1, 0.15) is 12.8 Å². The average molecular weight is 134 g/mol. The van der Waals surface area contributed by atoms with E-state index in [0.29, 0.717) is 6.42 Å². The van der Waals surface area contributed by atoms with E-state index in [1.165, 1.54) is 6.08 Å². The summed E-state index contributed by atoms with van der Waals surface area (Å²) in [7, 11) is 0. The molecule has 0 aromatic heterocycles. The monoisotopic (exact) mass is 134 g/mol. The number of hydrogen-bond acceptors (Lipinski definition) is 1. The molecule has 0 aromatic rings. The number of allylic oxidation sites excluding steroid dienone is 1. The summed E-state index contributed by atoms with van der Waals surface area (Å²) in [6.45, 7) is 3.29. The maximum Gasteiger partial charge on any atom is 0.295 e. The van der Waals surface area contributed by atoms with Crippen LogP contribution in [0.5, 0.6) is 0 Å². The van der Waals surface area contributed by atoms with Crippen molar-refractivity contribution in [2.75, 3.05) is 0 Å². The first-order valence-corrected chi connectivity index (χ1v) is 2.60. The fourth-order valence-electron chi connectivity index (χ4n) is 0.353. The quantitative estimate of drug-likeness (QED) is 0.535. The number of rotatable bonds is 4. The minimum absolute atomic E-state index is 0.0961. The first-order valence-electron chi connectivity index (χ1n) is 2.60. The summed E-state index contributed by atoms with van der Waals surface area (Å²) in [5.74, 6) is -1.00. The van der Waals surface area contributed by atoms with Crippen LogP contribution in [0.15, 0.2) is 12.7 Å². The highest BCUT2D eigenvalue weighted by atomic mass is 19.3. The number of alkyl halides is 2. The molecule has 9 heavy (non-hydrogen) atoms. The zero-order valence-electron chi connectivity index (χ0n) is 4.94. The first-order chi connectivity index (χ1) is 4.18. The van der Waals surface area contributed by atoms with E-state index in [1.807, 2.05) is 0 Å². The molecule has 0 unspecified atom stereocenters. The summed E-state index contributed by atoms with van der Waals surface area (Å²) in [5, 5.41) is 0. The standard InChI is InChI=1S/C6H8F2O/c1-2-3-4-5(9)6(7)8/h2,6H,1,3-4H2. The fraction of sp³-hybridized carbons (Fsp3) is 0.500. The Hall–Kier alpha value is -0.730. The largest absolute Gasteiger partial charge is 0.295 e. The number of hydrogen-bond donors (Lipinski definition) is 0. The molecule has 0 aliphatic rings. The molecule has 1 nitrogen and oxygen atoms in total. The summed E-state index contributed by atoms with van der Waals surface area (Å²) in [4.78, 5) is 10.1. The Morgan fingerprint density at radius 2 is 2.22 bits per heavy atom. The SMILES string of the molecule is C=CCCC(=O)C(F)F. The van der Waals surface area contributed by atoms with E-state index in [-0.39, 0.29) is 6.42 Å². The summed E-state index contributed by atoms with van der Waals surface area (Å²) >= 11 is 0. The predicted octanol–water partition coefficient (Wildman–Crippen LogP) is 1.79. The van der Waals surface area contributed by atoms with Crippen LogP contribution in [-0.4, -0.2) is 12.2 Å². The molecule has 0 radical (unpaired) electrons. The molecule has 0 bridgehead atoms. The smallest absolute Gasteiger partial charge is 0.293 e. The van der Waals surface area contributed by atoms with E-state index in [1.54, 1.807) is 0 Å². The molecule has 3 heteroatoms. The van der Waals surface area contributed by atoms with Crippen molar-refractivity contribution in [1.82, 2.24) is 0 Å². The van der Waals surface area contributed by atoms with Gasteiger partial charge >= 0.3 is 0 Å². The van der Waals surface area contributed by atoms with E-state index >= 15 is 0 Å². The van der Waals surface area contributed by atoms with Gasteiger partial charge in [-0.1, -0.05) is 6.08 Å². The number of Topliss-reactive ketones (excluding diaryl/α,β-unsaturated/α-hetero) is 1. The van der Waals surface area contributed by atoms with Crippen molar-refractivity contribution in [2.24, 2.45) is 0 Å². The lowest BCUT2D eigenvalue weighted by Gasteiger charge is -1.92. The van der Waals surface area contributed by atoms with E-state index < -0.39 is 12.2 Å². The van der Waals surface area contributed by atoms with E-state index in [0.717, 1.165) is 0 Å². The van der Waals surface area contributed by atoms with Gasteiger partial charge in [0.25, 0.3) is 6.43 Å². The minimum Gasteiger partial charge on any atom is -0.293 e. The van der Waals surface area contributed by atoms with Gasteiger partial charge in [0.1, 0.15) is 0 Å². The second kappa shape index (κ2) is 4.18. The second-order valence-electron chi connectivity index (χ2n) is 1.59. The van der Waals surface area contributed by atoms with Crippen LogP contribution >= 0.6 is 0 Å². The lowest BCUT2D eigenvalue weighted by atomic mass is 10.2. The minimum atomic E-state index is -2.81. The molecule has 0 amide bonds. The molecule has 0 saturated heterocycles. The highest BCUT2D eigenvalue weighted by molar-refractivity contribution is 5.81. The van der Waals surface area contributed by atoms with Gasteiger partial charge in [0, 0.05) is 6.42 Å². The molecule has 0 aliphatic heterocycles. The molecule has 0 rings (SSSR count). The third-order valence-corrected chi connectivity index (χ3v) is 0.838. The van der Waals surface area contributed by atoms with Gasteiger partial charge in [0.15, 0.2) is 5.78 Å². The maximum atomic E-state index is 11.4. The van der Waals surface area contributed by atoms with Gasteiger partial charge in [0.05, 0.1) is 0 Å². The summed E-state index contributed by atoms with van der Waals surface area (Å²) in [5.41, 5.74) is 0. The molecule has 0 aromatic carbocycles. The first kappa shape index (κ1) is 8.27. The molecule has 0 spiro atoms. The Morgan fingerprint density at radius 3 is 2.56 bits per heavy atom. The molecule has 0 aliphatic carbocycles. The molecule has 0 N–H and O–H groups in total. The average Bonchev–Trinajstić information content (AvgIpc) is 1.82. The van der Waals surface area contributed by atoms with Crippen molar-refractivity contribution in [3.8, 4) is 0 Å². The molecule has 0 atom stereocenters. The fourth-order valence-corrected chi connectivity index (χ4v) is 0.353. The molecular formula is C6H8F2O. The highest BCUT2D eigenvalue weighted by Gasteiger charge is 2.12. The summed E-state index contributed by atoms with van der Waals surface area (Å²) < 4.78 is 22.7. The van der Waals surface area contributed by atoms with Gasteiger partial charge in [-0.25, -0.2) is 8.78 Å². The lowest BCUT2D eigenvalue weighted by molar-refractivity contribution is -0.129. The zero-order chi connectivity index (χ0) is 7.28. The van der Waals surface area contributed by atoms with E-state index in [2.05, 4.69) is 6.58 Å². The van der Waals surface area contributed by atoms with Crippen LogP contribution in [0.4, 0.5) is 8.78 Å². The van der Waals surface area contributed by atoms with Crippen LogP contribution < -0.4 is 0 Å². The van der Waals surface area contributed by atoms with Crippen LogP contribution in [0.2, 0.25) is 0 Å². The van der Waals surface area contributed by atoms with Crippen molar-refractivity contribution in [1.29, 1.82) is 0 Å². The van der Waals surface area contributed by atoms with Gasteiger partial charge in [-0.15, -0.1) is 6.58 Å². The Kier molecular flexibility index (Phi) is 3.84. The van der Waals surface area contributed by atoms with Gasteiger partial charge in [-0.05, 0) is 6.42 Å². The molecule has 0 fully saturated rings. The number of carbonyl (C=O) groups excluding carboxylic acids is 1. The van der Waals surface area contributed by atoms with Gasteiger partial charge in [0.2, 0.25) is 0 Å². The Bertz CT molecular complexity index is 110. The van der Waals surface area contributed by atoms with Crippen molar-refractivity contribution in [2.45, 2.75) is 19.3 Å². The summed E-state index contributed by atoms with van der Waals surface area (Å²) in [6, 6.07) is 0. The topological polar surface area (TPSA) is 17.1 Å². The normalized spacial score (nSPS) is 9.67. The molecular weight excluding hydrogens is 126 g/mol. The van der Waals surface area contributed by atoms with Gasteiger partial charge < -0.3 is 0 Å². The van der Waals surface area contributed by atoms with Gasteiger partial charge in [-0.3, -0.25) is 4.79 Å². The van der Waals surface area contributed by atoms with Crippen molar-refractivity contribution < 1.29 is 13.6 Å². The second-order valence-corrected chi connectivity index (χ2v) is 1.59. The Balaban J connectivity index is 3.38. The van der Waals surface area contributed by atoms with Crippen molar-refractivity contribution in [3.63, 3.8) is 0 Å².